The number of hydrogen-bond acceptors (Lipinski definition) is 5. The largest absolute Gasteiger partial charge is 0.468 e. The zero-order valence-corrected chi connectivity index (χ0v) is 13.4. The van der Waals surface area contributed by atoms with E-state index in [4.69, 9.17) is 27.9 Å². The quantitative estimate of drug-likeness (QED) is 0.639. The second-order valence-corrected chi connectivity index (χ2v) is 5.77. The molecule has 0 radical (unpaired) electrons. The summed E-state index contributed by atoms with van der Waals surface area (Å²) < 4.78 is 4.76. The number of methoxy groups -OCH3 is 1. The van der Waals surface area contributed by atoms with Crippen LogP contribution in [0.5, 0.6) is 0 Å². The third kappa shape index (κ3) is 3.09. The molecule has 1 heterocycles. The zero-order chi connectivity index (χ0) is 16.5. The minimum Gasteiger partial charge on any atom is -0.468 e. The van der Waals surface area contributed by atoms with E-state index in [9.17, 15) is 14.4 Å². The second kappa shape index (κ2) is 6.24. The van der Waals surface area contributed by atoms with E-state index in [0.717, 1.165) is 0 Å². The van der Waals surface area contributed by atoms with E-state index in [1.165, 1.54) is 14.0 Å². The molecule has 8 heteroatoms. The standard InChI is InChI=1S/C14H14Cl2N2O4/c1-7(19)17-10(20)6-14(13(21)22-2)12(18-14)11-8(15)4-3-5-9(11)16/h3-5,12,18H,6H2,1-2H3,(H,17,19,20)/t12-,14-/m1/s1. The average Bonchev–Trinajstić information content (AvgIpc) is 3.11. The minimum atomic E-state index is -1.27. The molecule has 1 aliphatic heterocycles. The Balaban J connectivity index is 2.30. The van der Waals surface area contributed by atoms with Crippen LogP contribution in [0.25, 0.3) is 0 Å². The summed E-state index contributed by atoms with van der Waals surface area (Å²) in [6.07, 6.45) is -0.258. The number of ether oxygens (including phenoxy) is 1. The van der Waals surface area contributed by atoms with Gasteiger partial charge in [0, 0.05) is 22.5 Å². The number of carbonyl (C=O) groups is 3. The highest BCUT2D eigenvalue weighted by molar-refractivity contribution is 6.36. The number of rotatable bonds is 4. The zero-order valence-electron chi connectivity index (χ0n) is 11.9. The van der Waals surface area contributed by atoms with Crippen LogP contribution in [0.1, 0.15) is 24.9 Å². The molecule has 0 saturated carbocycles. The number of hydrogen-bond donors (Lipinski definition) is 2. The number of amides is 2. The van der Waals surface area contributed by atoms with Gasteiger partial charge < -0.3 is 4.74 Å². The number of esters is 1. The van der Waals surface area contributed by atoms with E-state index in [1.807, 2.05) is 0 Å². The lowest BCUT2D eigenvalue weighted by Crippen LogP contribution is -2.38. The van der Waals surface area contributed by atoms with Crippen molar-refractivity contribution >= 4 is 41.0 Å². The number of imide groups is 1. The average molecular weight is 345 g/mol. The Kier molecular flexibility index (Phi) is 4.75. The molecule has 1 aromatic carbocycles. The van der Waals surface area contributed by atoms with E-state index in [1.54, 1.807) is 18.2 Å². The van der Waals surface area contributed by atoms with E-state index in [0.29, 0.717) is 15.6 Å². The molecule has 0 spiro atoms. The van der Waals surface area contributed by atoms with Crippen LogP contribution in [0.2, 0.25) is 10.0 Å². The molecule has 0 unspecified atom stereocenters. The summed E-state index contributed by atoms with van der Waals surface area (Å²) in [5, 5.41) is 5.80. The fourth-order valence-electron chi connectivity index (χ4n) is 2.40. The van der Waals surface area contributed by atoms with Gasteiger partial charge in [-0.1, -0.05) is 29.3 Å². The molecule has 2 N–H and O–H groups in total. The Morgan fingerprint density at radius 1 is 1.32 bits per heavy atom. The van der Waals surface area contributed by atoms with E-state index >= 15 is 0 Å². The predicted molar refractivity (Wildman–Crippen MR) is 80.5 cm³/mol. The normalized spacial score (nSPS) is 22.8. The lowest BCUT2D eigenvalue weighted by molar-refractivity contribution is -0.146. The first-order chi connectivity index (χ1) is 10.3. The first-order valence-electron chi connectivity index (χ1n) is 6.42. The summed E-state index contributed by atoms with van der Waals surface area (Å²) >= 11 is 12.3. The van der Waals surface area contributed by atoms with Crippen LogP contribution in [0.4, 0.5) is 0 Å². The van der Waals surface area contributed by atoms with Gasteiger partial charge in [0.2, 0.25) is 11.8 Å². The highest BCUT2D eigenvalue weighted by Crippen LogP contribution is 2.48. The molecule has 6 nitrogen and oxygen atoms in total. The molecule has 2 rings (SSSR count). The van der Waals surface area contributed by atoms with Crippen molar-refractivity contribution in [3.63, 3.8) is 0 Å². The first-order valence-corrected chi connectivity index (χ1v) is 7.18. The Morgan fingerprint density at radius 2 is 1.91 bits per heavy atom. The monoisotopic (exact) mass is 344 g/mol. The third-order valence-electron chi connectivity index (χ3n) is 3.40. The molecule has 2 amide bonds. The Hall–Kier alpha value is -1.63. The molecular formula is C14H14Cl2N2O4. The Morgan fingerprint density at radius 3 is 2.41 bits per heavy atom. The van der Waals surface area contributed by atoms with Gasteiger partial charge in [0.05, 0.1) is 19.6 Å². The smallest absolute Gasteiger partial charge is 0.328 e. The van der Waals surface area contributed by atoms with Crippen LogP contribution < -0.4 is 10.6 Å². The lowest BCUT2D eigenvalue weighted by Gasteiger charge is -2.13. The molecule has 1 aromatic rings. The molecule has 0 bridgehead atoms. The molecule has 1 saturated heterocycles. The predicted octanol–water partition coefficient (Wildman–Crippen LogP) is 1.60. The fraction of sp³-hybridized carbons (Fsp3) is 0.357. The summed E-state index contributed by atoms with van der Waals surface area (Å²) in [5.74, 6) is -1.71. The van der Waals surface area contributed by atoms with Crippen molar-refractivity contribution < 1.29 is 19.1 Å². The maximum Gasteiger partial charge on any atom is 0.328 e. The number of halogens is 2. The minimum absolute atomic E-state index is 0.258. The van der Waals surface area contributed by atoms with Gasteiger partial charge in [0.1, 0.15) is 5.54 Å². The summed E-state index contributed by atoms with van der Waals surface area (Å²) in [6, 6.07) is 4.40. The summed E-state index contributed by atoms with van der Waals surface area (Å²) in [4.78, 5) is 34.9. The maximum absolute atomic E-state index is 12.1. The summed E-state index contributed by atoms with van der Waals surface area (Å²) in [6.45, 7) is 1.21. The first kappa shape index (κ1) is 16.7. The van der Waals surface area contributed by atoms with Crippen LogP contribution in [-0.2, 0) is 19.1 Å². The second-order valence-electron chi connectivity index (χ2n) is 4.96. The lowest BCUT2D eigenvalue weighted by atomic mass is 9.95. The van der Waals surface area contributed by atoms with Gasteiger partial charge in [-0.25, -0.2) is 4.79 Å². The van der Waals surface area contributed by atoms with Crippen molar-refractivity contribution in [2.45, 2.75) is 24.9 Å². The SMILES string of the molecule is COC(=O)[C@]1(CC(=O)NC(C)=O)N[C@@H]1c1c(Cl)cccc1Cl. The van der Waals surface area contributed by atoms with E-state index < -0.39 is 29.4 Å². The summed E-state index contributed by atoms with van der Waals surface area (Å²) in [7, 11) is 1.22. The van der Waals surface area contributed by atoms with Crippen molar-refractivity contribution in [2.24, 2.45) is 0 Å². The van der Waals surface area contributed by atoms with Gasteiger partial charge in [-0.3, -0.25) is 20.2 Å². The van der Waals surface area contributed by atoms with Crippen LogP contribution in [0, 0.1) is 0 Å². The molecule has 0 aliphatic carbocycles. The van der Waals surface area contributed by atoms with Gasteiger partial charge in [0.15, 0.2) is 0 Å². The molecule has 1 fully saturated rings. The van der Waals surface area contributed by atoms with Crippen LogP contribution in [0.3, 0.4) is 0 Å². The van der Waals surface area contributed by atoms with Crippen LogP contribution in [0.15, 0.2) is 18.2 Å². The van der Waals surface area contributed by atoms with Crippen molar-refractivity contribution in [2.75, 3.05) is 7.11 Å². The maximum atomic E-state index is 12.1. The molecule has 0 aromatic heterocycles. The Labute approximate surface area is 137 Å². The van der Waals surface area contributed by atoms with Crippen LogP contribution >= 0.6 is 23.2 Å². The van der Waals surface area contributed by atoms with Gasteiger partial charge >= 0.3 is 5.97 Å². The third-order valence-corrected chi connectivity index (χ3v) is 4.06. The number of carbonyl (C=O) groups excluding carboxylic acids is 3. The van der Waals surface area contributed by atoms with Gasteiger partial charge in [-0.15, -0.1) is 0 Å². The molecule has 22 heavy (non-hydrogen) atoms. The molecule has 1 aliphatic rings. The van der Waals surface area contributed by atoms with Crippen molar-refractivity contribution in [3.05, 3.63) is 33.8 Å². The number of nitrogens with one attached hydrogen (secondary N) is 2. The van der Waals surface area contributed by atoms with Crippen molar-refractivity contribution in [1.29, 1.82) is 0 Å². The van der Waals surface area contributed by atoms with Gasteiger partial charge in [0.25, 0.3) is 0 Å². The highest BCUT2D eigenvalue weighted by Gasteiger charge is 2.63. The van der Waals surface area contributed by atoms with E-state index in [-0.39, 0.29) is 6.42 Å². The topological polar surface area (TPSA) is 94.4 Å². The van der Waals surface area contributed by atoms with E-state index in [2.05, 4.69) is 10.6 Å². The van der Waals surface area contributed by atoms with Gasteiger partial charge in [-0.2, -0.15) is 0 Å². The molecule has 118 valence electrons. The van der Waals surface area contributed by atoms with Gasteiger partial charge in [-0.05, 0) is 12.1 Å². The van der Waals surface area contributed by atoms with Crippen molar-refractivity contribution in [1.82, 2.24) is 10.6 Å². The van der Waals surface area contributed by atoms with Crippen LogP contribution in [-0.4, -0.2) is 30.4 Å². The number of benzene rings is 1. The highest BCUT2D eigenvalue weighted by atomic mass is 35.5. The molecular weight excluding hydrogens is 331 g/mol. The van der Waals surface area contributed by atoms with Crippen molar-refractivity contribution in [3.8, 4) is 0 Å². The summed E-state index contributed by atoms with van der Waals surface area (Å²) in [5.41, 5.74) is -0.755. The fourth-order valence-corrected chi connectivity index (χ4v) is 3.01. The molecule has 2 atom stereocenters. The Bertz CT molecular complexity index is 629.